The maximum atomic E-state index is 5.95. The van der Waals surface area contributed by atoms with Crippen molar-refractivity contribution in [1.82, 2.24) is 10.1 Å². The maximum absolute atomic E-state index is 5.95. The van der Waals surface area contributed by atoms with Crippen LogP contribution in [0, 0.1) is 0 Å². The first-order chi connectivity index (χ1) is 9.65. The third kappa shape index (κ3) is 4.63. The Morgan fingerprint density at radius 3 is 2.75 bits per heavy atom. The molecule has 2 aromatic rings. The van der Waals surface area contributed by atoms with E-state index in [2.05, 4.69) is 10.1 Å². The van der Waals surface area contributed by atoms with Crippen LogP contribution in [0.15, 0.2) is 39.8 Å². The van der Waals surface area contributed by atoms with Gasteiger partial charge in [-0.05, 0) is 26.0 Å². The van der Waals surface area contributed by atoms with Crippen LogP contribution in [-0.2, 0) is 10.5 Å². The summed E-state index contributed by atoms with van der Waals surface area (Å²) in [6.45, 7) is 4.32. The SMILES string of the molecule is CC(C)OCC(N)c1noc(CSc2ccccc2)n1. The standard InChI is InChI=1S/C14H19N3O2S/c1-10(2)18-8-12(15)14-16-13(19-17-14)9-20-11-6-4-3-5-7-11/h3-7,10,12H,8-9,15H2,1-2H3. The van der Waals surface area contributed by atoms with Crippen molar-refractivity contribution in [3.05, 3.63) is 42.0 Å². The first-order valence-electron chi connectivity index (χ1n) is 6.52. The van der Waals surface area contributed by atoms with Gasteiger partial charge in [0.15, 0.2) is 5.82 Å². The Hall–Kier alpha value is -1.37. The van der Waals surface area contributed by atoms with Gasteiger partial charge < -0.3 is 15.0 Å². The number of rotatable bonds is 7. The van der Waals surface area contributed by atoms with Crippen LogP contribution in [0.4, 0.5) is 0 Å². The Morgan fingerprint density at radius 1 is 1.30 bits per heavy atom. The van der Waals surface area contributed by atoms with Crippen molar-refractivity contribution >= 4 is 11.8 Å². The third-order valence-electron chi connectivity index (χ3n) is 2.53. The molecule has 2 N–H and O–H groups in total. The lowest BCUT2D eigenvalue weighted by atomic mass is 10.3. The first kappa shape index (κ1) is 15.0. The fourth-order valence-electron chi connectivity index (χ4n) is 1.51. The second kappa shape index (κ2) is 7.42. The largest absolute Gasteiger partial charge is 0.377 e. The van der Waals surface area contributed by atoms with E-state index in [1.807, 2.05) is 44.2 Å². The zero-order valence-corrected chi connectivity index (χ0v) is 12.5. The molecule has 1 aromatic heterocycles. The minimum absolute atomic E-state index is 0.140. The van der Waals surface area contributed by atoms with Gasteiger partial charge in [0, 0.05) is 4.90 Å². The van der Waals surface area contributed by atoms with Crippen molar-refractivity contribution in [2.24, 2.45) is 5.73 Å². The van der Waals surface area contributed by atoms with Crippen LogP contribution in [0.2, 0.25) is 0 Å². The van der Waals surface area contributed by atoms with Crippen LogP contribution in [0.1, 0.15) is 31.6 Å². The topological polar surface area (TPSA) is 74.2 Å². The van der Waals surface area contributed by atoms with E-state index in [1.165, 1.54) is 4.90 Å². The molecule has 0 spiro atoms. The predicted molar refractivity (Wildman–Crippen MR) is 78.3 cm³/mol. The average Bonchev–Trinajstić information content (AvgIpc) is 2.92. The molecule has 0 fully saturated rings. The summed E-state index contributed by atoms with van der Waals surface area (Å²) in [6.07, 6.45) is 0.140. The lowest BCUT2D eigenvalue weighted by molar-refractivity contribution is 0.0665. The molecule has 1 aromatic carbocycles. The molecule has 1 unspecified atom stereocenters. The summed E-state index contributed by atoms with van der Waals surface area (Å²) in [4.78, 5) is 5.47. The van der Waals surface area contributed by atoms with E-state index in [0.717, 1.165) is 0 Å². The van der Waals surface area contributed by atoms with Gasteiger partial charge in [-0.2, -0.15) is 4.98 Å². The highest BCUT2D eigenvalue weighted by Gasteiger charge is 2.15. The van der Waals surface area contributed by atoms with Gasteiger partial charge in [-0.25, -0.2) is 0 Å². The molecule has 0 saturated heterocycles. The van der Waals surface area contributed by atoms with Gasteiger partial charge in [0.1, 0.15) is 0 Å². The Labute approximate surface area is 122 Å². The number of hydrogen-bond donors (Lipinski definition) is 1. The Balaban J connectivity index is 1.85. The summed E-state index contributed by atoms with van der Waals surface area (Å²) in [7, 11) is 0. The molecule has 0 aliphatic carbocycles. The monoisotopic (exact) mass is 293 g/mol. The summed E-state index contributed by atoms with van der Waals surface area (Å²) < 4.78 is 10.6. The molecular weight excluding hydrogens is 274 g/mol. The quantitative estimate of drug-likeness (QED) is 0.791. The van der Waals surface area contributed by atoms with Crippen molar-refractivity contribution in [3.8, 4) is 0 Å². The van der Waals surface area contributed by atoms with E-state index in [9.17, 15) is 0 Å². The second-order valence-electron chi connectivity index (χ2n) is 4.64. The van der Waals surface area contributed by atoms with Crippen LogP contribution in [0.3, 0.4) is 0 Å². The number of nitrogens with two attached hydrogens (primary N) is 1. The number of nitrogens with zero attached hydrogens (tertiary/aromatic N) is 2. The van der Waals surface area contributed by atoms with E-state index in [1.54, 1.807) is 11.8 Å². The van der Waals surface area contributed by atoms with Crippen LogP contribution in [0.5, 0.6) is 0 Å². The van der Waals surface area contributed by atoms with E-state index in [4.69, 9.17) is 15.0 Å². The summed E-state index contributed by atoms with van der Waals surface area (Å²) >= 11 is 1.65. The Morgan fingerprint density at radius 2 is 2.05 bits per heavy atom. The molecule has 1 heterocycles. The first-order valence-corrected chi connectivity index (χ1v) is 7.51. The lowest BCUT2D eigenvalue weighted by Gasteiger charge is -2.10. The molecule has 0 aliphatic rings. The number of thioether (sulfide) groups is 1. The minimum Gasteiger partial charge on any atom is -0.377 e. The van der Waals surface area contributed by atoms with Gasteiger partial charge in [-0.15, -0.1) is 11.8 Å². The highest BCUT2D eigenvalue weighted by Crippen LogP contribution is 2.21. The Bertz CT molecular complexity index is 516. The molecular formula is C14H19N3O2S. The molecule has 0 aliphatic heterocycles. The molecule has 108 valence electrons. The minimum atomic E-state index is -0.350. The maximum Gasteiger partial charge on any atom is 0.237 e. The number of hydrogen-bond acceptors (Lipinski definition) is 6. The molecule has 20 heavy (non-hydrogen) atoms. The average molecular weight is 293 g/mol. The predicted octanol–water partition coefficient (Wildman–Crippen LogP) is 2.79. The summed E-state index contributed by atoms with van der Waals surface area (Å²) in [5, 5.41) is 3.90. The smallest absolute Gasteiger partial charge is 0.237 e. The van der Waals surface area contributed by atoms with Crippen molar-refractivity contribution < 1.29 is 9.26 Å². The molecule has 6 heteroatoms. The molecule has 0 bridgehead atoms. The summed E-state index contributed by atoms with van der Waals surface area (Å²) in [6, 6.07) is 9.73. The third-order valence-corrected chi connectivity index (χ3v) is 3.53. The molecule has 0 radical (unpaired) electrons. The lowest BCUT2D eigenvalue weighted by Crippen LogP contribution is -2.20. The van der Waals surface area contributed by atoms with Crippen LogP contribution < -0.4 is 5.73 Å². The van der Waals surface area contributed by atoms with Gasteiger partial charge in [0.2, 0.25) is 5.89 Å². The van der Waals surface area contributed by atoms with Crippen LogP contribution in [-0.4, -0.2) is 22.9 Å². The van der Waals surface area contributed by atoms with E-state index in [0.29, 0.717) is 24.1 Å². The zero-order chi connectivity index (χ0) is 14.4. The molecule has 1 atom stereocenters. The van der Waals surface area contributed by atoms with Gasteiger partial charge >= 0.3 is 0 Å². The van der Waals surface area contributed by atoms with Crippen LogP contribution >= 0.6 is 11.8 Å². The fourth-order valence-corrected chi connectivity index (χ4v) is 2.27. The normalized spacial score (nSPS) is 12.8. The second-order valence-corrected chi connectivity index (χ2v) is 5.69. The van der Waals surface area contributed by atoms with Gasteiger partial charge in [-0.3, -0.25) is 0 Å². The molecule has 0 saturated carbocycles. The van der Waals surface area contributed by atoms with Gasteiger partial charge in [0.05, 0.1) is 24.5 Å². The van der Waals surface area contributed by atoms with Gasteiger partial charge in [-0.1, -0.05) is 23.4 Å². The summed E-state index contributed by atoms with van der Waals surface area (Å²) in [5.41, 5.74) is 5.95. The van der Waals surface area contributed by atoms with Crippen molar-refractivity contribution in [1.29, 1.82) is 0 Å². The molecule has 5 nitrogen and oxygen atoms in total. The van der Waals surface area contributed by atoms with Crippen molar-refractivity contribution in [3.63, 3.8) is 0 Å². The van der Waals surface area contributed by atoms with E-state index >= 15 is 0 Å². The van der Waals surface area contributed by atoms with Gasteiger partial charge in [0.25, 0.3) is 0 Å². The Kier molecular flexibility index (Phi) is 5.58. The van der Waals surface area contributed by atoms with Crippen LogP contribution in [0.25, 0.3) is 0 Å². The van der Waals surface area contributed by atoms with Crippen molar-refractivity contribution in [2.45, 2.75) is 36.6 Å². The zero-order valence-electron chi connectivity index (χ0n) is 11.7. The molecule has 0 amide bonds. The highest BCUT2D eigenvalue weighted by atomic mass is 32.2. The highest BCUT2D eigenvalue weighted by molar-refractivity contribution is 7.98. The van der Waals surface area contributed by atoms with E-state index < -0.39 is 0 Å². The fraction of sp³-hybridized carbons (Fsp3) is 0.429. The van der Waals surface area contributed by atoms with E-state index in [-0.39, 0.29) is 12.1 Å². The molecule has 2 rings (SSSR count). The number of ether oxygens (including phenoxy) is 1. The number of aromatic nitrogens is 2. The van der Waals surface area contributed by atoms with Crippen molar-refractivity contribution in [2.75, 3.05) is 6.61 Å². The number of benzene rings is 1. The summed E-state index contributed by atoms with van der Waals surface area (Å²) in [5.74, 6) is 1.71.